The normalized spacial score (nSPS) is 24.5. The number of rotatable bonds is 1. The first-order valence-corrected chi connectivity index (χ1v) is 7.17. The van der Waals surface area contributed by atoms with Crippen LogP contribution in [0.5, 0.6) is 0 Å². The second kappa shape index (κ2) is 6.60. The molecule has 1 N–H and O–H groups in total. The van der Waals surface area contributed by atoms with Crippen molar-refractivity contribution in [3.05, 3.63) is 0 Å². The van der Waals surface area contributed by atoms with Crippen LogP contribution in [0, 0.1) is 0 Å². The third kappa shape index (κ3) is 4.63. The maximum atomic E-state index is 12.0. The molecule has 0 aromatic heterocycles. The van der Waals surface area contributed by atoms with Crippen molar-refractivity contribution in [2.45, 2.75) is 63.6 Å². The minimum absolute atomic E-state index is 0. The first-order chi connectivity index (χ1) is 9.21. The summed E-state index contributed by atoms with van der Waals surface area (Å²) in [6.45, 7) is 6.74. The fourth-order valence-corrected chi connectivity index (χ4v) is 2.95. The number of nitrogens with zero attached hydrogens (tertiary/aromatic N) is 1. The van der Waals surface area contributed by atoms with Crippen LogP contribution in [0.25, 0.3) is 0 Å². The molecule has 1 amide bonds. The number of carboxylic acid groups (broad SMARTS) is 1. The molecule has 2 aliphatic heterocycles. The molecule has 7 heteroatoms. The van der Waals surface area contributed by atoms with Gasteiger partial charge < -0.3 is 24.9 Å². The summed E-state index contributed by atoms with van der Waals surface area (Å²) in [6.07, 6.45) is 2.66. The number of aliphatic carboxylic acids is 1. The fourth-order valence-electron chi connectivity index (χ4n) is 2.95. The molecule has 1 spiro atoms. The Labute approximate surface area is 137 Å². The number of carbonyl (C=O) groups is 2. The second-order valence-electron chi connectivity index (χ2n) is 6.80. The predicted molar refractivity (Wildman–Crippen MR) is 70.9 cm³/mol. The van der Waals surface area contributed by atoms with Gasteiger partial charge in [0.05, 0.1) is 5.97 Å². The average Bonchev–Trinajstić information content (AvgIpc) is 2.72. The maximum absolute atomic E-state index is 12.0. The van der Waals surface area contributed by atoms with E-state index in [9.17, 15) is 14.7 Å². The number of carboxylic acids is 1. The van der Waals surface area contributed by atoms with Gasteiger partial charge in [-0.25, -0.2) is 4.79 Å². The van der Waals surface area contributed by atoms with E-state index in [-0.39, 0.29) is 30.5 Å². The Balaban J connectivity index is 0.00000220. The molecule has 0 bridgehead atoms. The summed E-state index contributed by atoms with van der Waals surface area (Å²) < 4.78 is 5.35. The van der Waals surface area contributed by atoms with Crippen molar-refractivity contribution in [2.75, 3.05) is 13.1 Å². The van der Waals surface area contributed by atoms with E-state index in [0.717, 1.165) is 19.3 Å². The van der Waals surface area contributed by atoms with Gasteiger partial charge in [0.1, 0.15) is 5.60 Å². The van der Waals surface area contributed by atoms with Crippen molar-refractivity contribution < 1.29 is 38.3 Å². The van der Waals surface area contributed by atoms with Gasteiger partial charge in [-0.05, 0) is 46.5 Å². The van der Waals surface area contributed by atoms with Crippen molar-refractivity contribution >= 4 is 12.1 Å². The molecule has 2 fully saturated rings. The molecule has 0 aromatic rings. The minimum Gasteiger partial charge on any atom is -0.548 e. The van der Waals surface area contributed by atoms with E-state index in [0.29, 0.717) is 19.5 Å². The first-order valence-electron chi connectivity index (χ1n) is 7.17. The number of carbonyl (C=O) groups excluding carboxylic acids is 2. The molecule has 0 aromatic carbocycles. The van der Waals surface area contributed by atoms with Crippen LogP contribution in [0.2, 0.25) is 0 Å². The van der Waals surface area contributed by atoms with Crippen molar-refractivity contribution in [1.29, 1.82) is 0 Å². The molecule has 0 saturated carbocycles. The summed E-state index contributed by atoms with van der Waals surface area (Å²) in [5, 5.41) is 14.1. The molecule has 0 radical (unpaired) electrons. The third-order valence-electron chi connectivity index (χ3n) is 4.05. The molecule has 2 heterocycles. The van der Waals surface area contributed by atoms with Gasteiger partial charge >= 0.3 is 25.0 Å². The zero-order chi connectivity index (χ0) is 15.0. The molecule has 1 unspecified atom stereocenters. The topological polar surface area (TPSA) is 81.7 Å². The van der Waals surface area contributed by atoms with Gasteiger partial charge in [0, 0.05) is 24.7 Å². The Morgan fingerprint density at radius 1 is 1.24 bits per heavy atom. The molecular formula is C14H23LiN2O4. The molecule has 114 valence electrons. The summed E-state index contributed by atoms with van der Waals surface area (Å²) in [5.41, 5.74) is -0.638. The van der Waals surface area contributed by atoms with Crippen LogP contribution in [-0.4, -0.2) is 47.2 Å². The van der Waals surface area contributed by atoms with E-state index in [1.165, 1.54) is 0 Å². The number of hydrogen-bond donors (Lipinski definition) is 1. The van der Waals surface area contributed by atoms with Gasteiger partial charge in [0.2, 0.25) is 0 Å². The summed E-state index contributed by atoms with van der Waals surface area (Å²) in [7, 11) is 0. The second-order valence-corrected chi connectivity index (χ2v) is 6.80. The number of amides is 1. The van der Waals surface area contributed by atoms with E-state index < -0.39 is 17.6 Å². The number of nitrogens with one attached hydrogen (secondary N) is 1. The van der Waals surface area contributed by atoms with E-state index in [4.69, 9.17) is 4.74 Å². The minimum atomic E-state index is -1.03. The van der Waals surface area contributed by atoms with Gasteiger partial charge in [-0.1, -0.05) is 0 Å². The zero-order valence-electron chi connectivity index (χ0n) is 13.4. The fraction of sp³-hybridized carbons (Fsp3) is 0.857. The molecule has 6 nitrogen and oxygen atoms in total. The SMILES string of the molecule is CC(C)(C)OC(=O)N1CCC2(CCC(C(=O)[O-])N2)CC1.[Li+]. The van der Waals surface area contributed by atoms with Gasteiger partial charge in [0.25, 0.3) is 0 Å². The molecule has 2 saturated heterocycles. The number of ether oxygens (including phenoxy) is 1. The first kappa shape index (κ1) is 18.3. The molecule has 21 heavy (non-hydrogen) atoms. The van der Waals surface area contributed by atoms with Crippen molar-refractivity contribution in [2.24, 2.45) is 0 Å². The van der Waals surface area contributed by atoms with Gasteiger partial charge in [-0.3, -0.25) is 0 Å². The summed E-state index contributed by atoms with van der Waals surface area (Å²) in [4.78, 5) is 24.6. The Kier molecular flexibility index (Phi) is 5.76. The number of hydrogen-bond acceptors (Lipinski definition) is 5. The monoisotopic (exact) mass is 290 g/mol. The maximum Gasteiger partial charge on any atom is 1.00 e. The van der Waals surface area contributed by atoms with Crippen molar-refractivity contribution in [1.82, 2.24) is 10.2 Å². The van der Waals surface area contributed by atoms with Crippen molar-refractivity contribution in [3.63, 3.8) is 0 Å². The molecule has 2 rings (SSSR count). The van der Waals surface area contributed by atoms with Crippen molar-refractivity contribution in [3.8, 4) is 0 Å². The summed E-state index contributed by atoms with van der Waals surface area (Å²) in [6, 6.07) is -0.553. The largest absolute Gasteiger partial charge is 1.00 e. The van der Waals surface area contributed by atoms with Crippen LogP contribution in [0.1, 0.15) is 46.5 Å². The summed E-state index contributed by atoms with van der Waals surface area (Å²) >= 11 is 0. The number of piperidine rings is 1. The third-order valence-corrected chi connectivity index (χ3v) is 4.05. The Morgan fingerprint density at radius 3 is 2.24 bits per heavy atom. The quantitative estimate of drug-likeness (QED) is 0.530. The predicted octanol–water partition coefficient (Wildman–Crippen LogP) is -2.74. The zero-order valence-corrected chi connectivity index (χ0v) is 13.4. The van der Waals surface area contributed by atoms with Crippen LogP contribution >= 0.6 is 0 Å². The Hall–Kier alpha value is -0.703. The molecule has 0 aliphatic carbocycles. The van der Waals surface area contributed by atoms with Crippen LogP contribution in [0.15, 0.2) is 0 Å². The van der Waals surface area contributed by atoms with E-state index in [2.05, 4.69) is 5.32 Å². The van der Waals surface area contributed by atoms with Gasteiger partial charge in [-0.15, -0.1) is 0 Å². The molecule has 2 aliphatic rings. The smallest absolute Gasteiger partial charge is 0.548 e. The van der Waals surface area contributed by atoms with Crippen LogP contribution in [0.4, 0.5) is 4.79 Å². The molecular weight excluding hydrogens is 267 g/mol. The van der Waals surface area contributed by atoms with Gasteiger partial charge in [0.15, 0.2) is 0 Å². The van der Waals surface area contributed by atoms with E-state index in [1.54, 1.807) is 4.90 Å². The van der Waals surface area contributed by atoms with Crippen LogP contribution in [-0.2, 0) is 9.53 Å². The Morgan fingerprint density at radius 2 is 1.81 bits per heavy atom. The van der Waals surface area contributed by atoms with Crippen LogP contribution < -0.4 is 29.3 Å². The van der Waals surface area contributed by atoms with E-state index in [1.807, 2.05) is 20.8 Å². The summed E-state index contributed by atoms with van der Waals surface area (Å²) in [5.74, 6) is -1.03. The van der Waals surface area contributed by atoms with Gasteiger partial charge in [-0.2, -0.15) is 0 Å². The number of likely N-dealkylation sites (tertiary alicyclic amines) is 1. The standard InChI is InChI=1S/C14H24N2O4.Li/c1-13(2,3)20-12(19)16-8-6-14(7-9-16)5-4-10(15-14)11(17)18;/h10,15H,4-9H2,1-3H3,(H,17,18);/q;+1/p-1. The average molecular weight is 290 g/mol. The Bertz CT molecular complexity index is 400. The molecule has 1 atom stereocenters. The van der Waals surface area contributed by atoms with E-state index >= 15 is 0 Å². The van der Waals surface area contributed by atoms with Crippen LogP contribution in [0.3, 0.4) is 0 Å².